The molecule has 16 heavy (non-hydrogen) atoms. The molecule has 0 saturated carbocycles. The van der Waals surface area contributed by atoms with Crippen molar-refractivity contribution in [2.45, 2.75) is 18.8 Å². The molecule has 1 saturated heterocycles. The fraction of sp³-hybridized carbons (Fsp3) is 0.462. The number of likely N-dealkylation sites (N-methyl/N-ethyl adjacent to an activating group) is 1. The number of pyridine rings is 1. The summed E-state index contributed by atoms with van der Waals surface area (Å²) >= 11 is 0. The Labute approximate surface area is 95.7 Å². The summed E-state index contributed by atoms with van der Waals surface area (Å²) in [7, 11) is 2.20. The second-order valence-corrected chi connectivity index (χ2v) is 4.71. The Hall–Kier alpha value is -1.35. The van der Waals surface area contributed by atoms with Crippen LogP contribution in [-0.4, -0.2) is 34.4 Å². The number of piperidine rings is 1. The lowest BCUT2D eigenvalue weighted by Crippen LogP contribution is -2.31. The van der Waals surface area contributed by atoms with Crippen LogP contribution >= 0.6 is 0 Å². The van der Waals surface area contributed by atoms with E-state index < -0.39 is 0 Å². The zero-order valence-corrected chi connectivity index (χ0v) is 9.63. The molecule has 84 valence electrons. The van der Waals surface area contributed by atoms with Crippen molar-refractivity contribution in [1.29, 1.82) is 0 Å². The Balaban J connectivity index is 1.99. The second kappa shape index (κ2) is 3.91. The van der Waals surface area contributed by atoms with Gasteiger partial charge in [-0.25, -0.2) is 4.98 Å². The molecule has 1 aliphatic rings. The first-order chi connectivity index (χ1) is 7.84. The van der Waals surface area contributed by atoms with Crippen LogP contribution in [0.25, 0.3) is 5.52 Å². The number of hydrogen-bond donors (Lipinski definition) is 0. The summed E-state index contributed by atoms with van der Waals surface area (Å²) in [5, 5.41) is 0. The van der Waals surface area contributed by atoms with E-state index in [1.165, 1.54) is 30.7 Å². The first-order valence-corrected chi connectivity index (χ1v) is 5.95. The molecule has 0 spiro atoms. The van der Waals surface area contributed by atoms with Crippen LogP contribution in [-0.2, 0) is 0 Å². The molecule has 1 aliphatic heterocycles. The first-order valence-electron chi connectivity index (χ1n) is 5.95. The molecule has 0 N–H and O–H groups in total. The fourth-order valence-electron chi connectivity index (χ4n) is 2.64. The van der Waals surface area contributed by atoms with Crippen molar-refractivity contribution in [2.75, 3.05) is 20.1 Å². The smallest absolute Gasteiger partial charge is 0.117 e. The number of rotatable bonds is 1. The Morgan fingerprint density at radius 1 is 1.38 bits per heavy atom. The number of hydrogen-bond acceptors (Lipinski definition) is 2. The van der Waals surface area contributed by atoms with Crippen molar-refractivity contribution < 1.29 is 0 Å². The standard InChI is InChI=1S/C13H17N3/c1-15-7-4-5-11(10-15)13-14-9-12-6-2-3-8-16(12)13/h2-3,6,8-9,11H,4-5,7,10H2,1H3. The average Bonchev–Trinajstić information content (AvgIpc) is 2.72. The summed E-state index contributed by atoms with van der Waals surface area (Å²) in [6.45, 7) is 2.35. The van der Waals surface area contributed by atoms with Gasteiger partial charge in [0.15, 0.2) is 0 Å². The molecule has 0 amide bonds. The minimum atomic E-state index is 0.587. The fourth-order valence-corrected chi connectivity index (χ4v) is 2.64. The summed E-state index contributed by atoms with van der Waals surface area (Å²) in [6.07, 6.45) is 6.64. The highest BCUT2D eigenvalue weighted by atomic mass is 15.1. The van der Waals surface area contributed by atoms with Gasteiger partial charge < -0.3 is 9.30 Å². The van der Waals surface area contributed by atoms with E-state index in [1.807, 2.05) is 6.20 Å². The number of fused-ring (bicyclic) bond motifs is 1. The van der Waals surface area contributed by atoms with Gasteiger partial charge in [0, 0.05) is 18.7 Å². The maximum Gasteiger partial charge on any atom is 0.117 e. The van der Waals surface area contributed by atoms with Crippen LogP contribution in [0.3, 0.4) is 0 Å². The lowest BCUT2D eigenvalue weighted by atomic mass is 9.98. The Bertz CT molecular complexity index is 489. The van der Waals surface area contributed by atoms with Crippen molar-refractivity contribution >= 4 is 5.52 Å². The maximum absolute atomic E-state index is 4.59. The van der Waals surface area contributed by atoms with Gasteiger partial charge in [-0.3, -0.25) is 0 Å². The zero-order chi connectivity index (χ0) is 11.0. The number of aromatic nitrogens is 2. The van der Waals surface area contributed by atoms with Crippen LogP contribution in [0.15, 0.2) is 30.6 Å². The minimum Gasteiger partial charge on any atom is -0.306 e. The zero-order valence-electron chi connectivity index (χ0n) is 9.63. The third-order valence-corrected chi connectivity index (χ3v) is 3.46. The van der Waals surface area contributed by atoms with E-state index in [1.54, 1.807) is 0 Å². The van der Waals surface area contributed by atoms with Crippen LogP contribution in [0, 0.1) is 0 Å². The van der Waals surface area contributed by atoms with Gasteiger partial charge in [-0.2, -0.15) is 0 Å². The van der Waals surface area contributed by atoms with E-state index in [0.717, 1.165) is 6.54 Å². The van der Waals surface area contributed by atoms with Gasteiger partial charge in [0.1, 0.15) is 5.82 Å². The SMILES string of the molecule is CN1CCCC(c2ncc3ccccn23)C1. The lowest BCUT2D eigenvalue weighted by Gasteiger charge is -2.28. The predicted molar refractivity (Wildman–Crippen MR) is 64.7 cm³/mol. The highest BCUT2D eigenvalue weighted by Gasteiger charge is 2.22. The van der Waals surface area contributed by atoms with Gasteiger partial charge in [-0.05, 0) is 38.6 Å². The molecule has 1 atom stereocenters. The van der Waals surface area contributed by atoms with Gasteiger partial charge >= 0.3 is 0 Å². The highest BCUT2D eigenvalue weighted by Crippen LogP contribution is 2.25. The van der Waals surface area contributed by atoms with Crippen molar-refractivity contribution in [2.24, 2.45) is 0 Å². The van der Waals surface area contributed by atoms with Gasteiger partial charge in [-0.1, -0.05) is 6.07 Å². The highest BCUT2D eigenvalue weighted by molar-refractivity contribution is 5.46. The van der Waals surface area contributed by atoms with Crippen molar-refractivity contribution in [3.05, 3.63) is 36.4 Å². The number of likely N-dealkylation sites (tertiary alicyclic amines) is 1. The predicted octanol–water partition coefficient (Wildman–Crippen LogP) is 2.14. The summed E-state index contributed by atoms with van der Waals surface area (Å²) in [5.41, 5.74) is 1.20. The normalized spacial score (nSPS) is 22.7. The van der Waals surface area contributed by atoms with Gasteiger partial charge in [0.2, 0.25) is 0 Å². The molecule has 2 aromatic rings. The summed E-state index contributed by atoms with van der Waals surface area (Å²) in [6, 6.07) is 6.25. The van der Waals surface area contributed by atoms with Crippen LogP contribution in [0.5, 0.6) is 0 Å². The molecule has 1 fully saturated rings. The number of nitrogens with zero attached hydrogens (tertiary/aromatic N) is 3. The Kier molecular flexibility index (Phi) is 2.40. The first kappa shape index (κ1) is 9.85. The second-order valence-electron chi connectivity index (χ2n) is 4.71. The molecular weight excluding hydrogens is 198 g/mol. The molecule has 3 nitrogen and oxygen atoms in total. The van der Waals surface area contributed by atoms with E-state index in [-0.39, 0.29) is 0 Å². The maximum atomic E-state index is 4.59. The largest absolute Gasteiger partial charge is 0.306 e. The van der Waals surface area contributed by atoms with Gasteiger partial charge in [0.05, 0.1) is 11.7 Å². The molecule has 0 bridgehead atoms. The van der Waals surface area contributed by atoms with Gasteiger partial charge in [-0.15, -0.1) is 0 Å². The minimum absolute atomic E-state index is 0.587. The van der Waals surface area contributed by atoms with E-state index >= 15 is 0 Å². The molecule has 0 aliphatic carbocycles. The van der Waals surface area contributed by atoms with E-state index in [4.69, 9.17) is 0 Å². The third-order valence-electron chi connectivity index (χ3n) is 3.46. The molecule has 1 unspecified atom stereocenters. The van der Waals surface area contributed by atoms with Crippen molar-refractivity contribution in [3.8, 4) is 0 Å². The van der Waals surface area contributed by atoms with Crippen molar-refractivity contribution in [1.82, 2.24) is 14.3 Å². The average molecular weight is 215 g/mol. The van der Waals surface area contributed by atoms with E-state index in [9.17, 15) is 0 Å². The van der Waals surface area contributed by atoms with E-state index in [2.05, 4.69) is 45.7 Å². The monoisotopic (exact) mass is 215 g/mol. The van der Waals surface area contributed by atoms with Crippen LogP contribution < -0.4 is 0 Å². The molecular formula is C13H17N3. The molecule has 0 aromatic carbocycles. The molecule has 2 aromatic heterocycles. The summed E-state index contributed by atoms with van der Waals surface area (Å²) in [5.74, 6) is 1.81. The number of imidazole rings is 1. The van der Waals surface area contributed by atoms with Crippen LogP contribution in [0.2, 0.25) is 0 Å². The molecule has 0 radical (unpaired) electrons. The lowest BCUT2D eigenvalue weighted by molar-refractivity contribution is 0.245. The van der Waals surface area contributed by atoms with Crippen LogP contribution in [0.4, 0.5) is 0 Å². The Morgan fingerprint density at radius 3 is 3.19 bits per heavy atom. The Morgan fingerprint density at radius 2 is 2.31 bits per heavy atom. The van der Waals surface area contributed by atoms with Crippen LogP contribution in [0.1, 0.15) is 24.6 Å². The van der Waals surface area contributed by atoms with E-state index in [0.29, 0.717) is 5.92 Å². The molecule has 3 heteroatoms. The quantitative estimate of drug-likeness (QED) is 0.726. The topological polar surface area (TPSA) is 20.5 Å². The molecule has 3 heterocycles. The summed E-state index contributed by atoms with van der Waals surface area (Å²) < 4.78 is 2.23. The third kappa shape index (κ3) is 1.61. The van der Waals surface area contributed by atoms with Gasteiger partial charge in [0.25, 0.3) is 0 Å². The summed E-state index contributed by atoms with van der Waals surface area (Å²) in [4.78, 5) is 6.99. The molecule has 3 rings (SSSR count). The van der Waals surface area contributed by atoms with Crippen molar-refractivity contribution in [3.63, 3.8) is 0 Å².